The lowest BCUT2D eigenvalue weighted by atomic mass is 9.94. The van der Waals surface area contributed by atoms with Crippen LogP contribution in [0.3, 0.4) is 0 Å². The predicted molar refractivity (Wildman–Crippen MR) is 93.6 cm³/mol. The van der Waals surface area contributed by atoms with Crippen LogP contribution in [0, 0.1) is 5.92 Å². The normalized spacial score (nSPS) is 18.2. The van der Waals surface area contributed by atoms with E-state index < -0.39 is 0 Å². The molecular weight excluding hydrogens is 302 g/mol. The molecule has 0 bridgehead atoms. The highest BCUT2D eigenvalue weighted by molar-refractivity contribution is 5.79. The number of piperidine rings is 1. The zero-order chi connectivity index (χ0) is 17.1. The molecule has 3 heterocycles. The van der Waals surface area contributed by atoms with Gasteiger partial charge in [-0.2, -0.15) is 0 Å². The van der Waals surface area contributed by atoms with Crippen LogP contribution >= 0.6 is 0 Å². The van der Waals surface area contributed by atoms with Crippen LogP contribution in [0.4, 0.5) is 0 Å². The number of hydrogen-bond acceptors (Lipinski definition) is 4. The van der Waals surface area contributed by atoms with E-state index in [1.54, 1.807) is 6.20 Å². The molecule has 0 unspecified atom stereocenters. The minimum Gasteiger partial charge on any atom is -0.347 e. The van der Waals surface area contributed by atoms with Gasteiger partial charge in [0, 0.05) is 30.6 Å². The Labute approximate surface area is 143 Å². The quantitative estimate of drug-likeness (QED) is 0.915. The van der Waals surface area contributed by atoms with Gasteiger partial charge in [0.25, 0.3) is 0 Å². The lowest BCUT2D eigenvalue weighted by molar-refractivity contribution is -0.127. The SMILES string of the molecule is CC[C@@H](NC(=O)C1CCN(C(C)C)CC1)c1cn2cccnc2n1. The van der Waals surface area contributed by atoms with Crippen LogP contribution in [-0.2, 0) is 4.79 Å². The van der Waals surface area contributed by atoms with E-state index in [2.05, 4.69) is 41.0 Å². The van der Waals surface area contributed by atoms with E-state index >= 15 is 0 Å². The molecule has 1 atom stereocenters. The molecule has 1 aliphatic rings. The molecule has 6 heteroatoms. The van der Waals surface area contributed by atoms with Gasteiger partial charge in [-0.1, -0.05) is 6.92 Å². The predicted octanol–water partition coefficient (Wildman–Crippen LogP) is 2.42. The minimum absolute atomic E-state index is 0.0534. The Morgan fingerprint density at radius 1 is 1.38 bits per heavy atom. The molecule has 1 aliphatic heterocycles. The number of nitrogens with one attached hydrogen (secondary N) is 1. The van der Waals surface area contributed by atoms with Crippen LogP contribution in [-0.4, -0.2) is 44.3 Å². The van der Waals surface area contributed by atoms with Crippen LogP contribution in [0.25, 0.3) is 5.78 Å². The number of imidazole rings is 1. The fraction of sp³-hybridized carbons (Fsp3) is 0.611. The van der Waals surface area contributed by atoms with Gasteiger partial charge >= 0.3 is 0 Å². The van der Waals surface area contributed by atoms with E-state index in [4.69, 9.17) is 0 Å². The van der Waals surface area contributed by atoms with Gasteiger partial charge < -0.3 is 10.2 Å². The summed E-state index contributed by atoms with van der Waals surface area (Å²) in [5.41, 5.74) is 0.879. The van der Waals surface area contributed by atoms with E-state index in [-0.39, 0.29) is 17.9 Å². The number of likely N-dealkylation sites (tertiary alicyclic amines) is 1. The van der Waals surface area contributed by atoms with Gasteiger partial charge in [0.05, 0.1) is 11.7 Å². The van der Waals surface area contributed by atoms with E-state index in [9.17, 15) is 4.79 Å². The Kier molecular flexibility index (Phi) is 5.14. The summed E-state index contributed by atoms with van der Waals surface area (Å²) in [6.45, 7) is 8.51. The first-order chi connectivity index (χ1) is 11.6. The van der Waals surface area contributed by atoms with Crippen molar-refractivity contribution in [2.24, 2.45) is 5.92 Å². The molecule has 1 amide bonds. The molecule has 24 heavy (non-hydrogen) atoms. The standard InChI is InChI=1S/C18H27N5O/c1-4-15(16-12-23-9-5-8-19-18(23)21-16)20-17(24)14-6-10-22(11-7-14)13(2)3/h5,8-9,12-15H,4,6-7,10-11H2,1-3H3,(H,20,24)/t15-/m1/s1. The van der Waals surface area contributed by atoms with Gasteiger partial charge in [-0.3, -0.25) is 9.20 Å². The molecule has 1 saturated heterocycles. The third-order valence-corrected chi connectivity index (χ3v) is 4.97. The number of carbonyl (C=O) groups is 1. The number of hydrogen-bond donors (Lipinski definition) is 1. The van der Waals surface area contributed by atoms with E-state index in [0.29, 0.717) is 11.8 Å². The highest BCUT2D eigenvalue weighted by atomic mass is 16.2. The van der Waals surface area contributed by atoms with Gasteiger partial charge in [-0.05, 0) is 52.3 Å². The second-order valence-corrected chi connectivity index (χ2v) is 6.87. The second kappa shape index (κ2) is 7.30. The summed E-state index contributed by atoms with van der Waals surface area (Å²) in [5.74, 6) is 0.949. The average Bonchev–Trinajstić information content (AvgIpc) is 3.03. The summed E-state index contributed by atoms with van der Waals surface area (Å²) in [6, 6.07) is 2.38. The van der Waals surface area contributed by atoms with Crippen LogP contribution < -0.4 is 5.32 Å². The summed E-state index contributed by atoms with van der Waals surface area (Å²) in [6.07, 6.45) is 8.31. The fourth-order valence-corrected chi connectivity index (χ4v) is 3.37. The average molecular weight is 329 g/mol. The Hall–Kier alpha value is -1.95. The topological polar surface area (TPSA) is 62.5 Å². The monoisotopic (exact) mass is 329 g/mol. The van der Waals surface area contributed by atoms with Gasteiger partial charge in [-0.15, -0.1) is 0 Å². The van der Waals surface area contributed by atoms with Crippen molar-refractivity contribution in [2.75, 3.05) is 13.1 Å². The van der Waals surface area contributed by atoms with Crippen molar-refractivity contribution in [3.8, 4) is 0 Å². The molecule has 3 rings (SSSR count). The third-order valence-electron chi connectivity index (χ3n) is 4.97. The first kappa shape index (κ1) is 16.9. The molecule has 0 spiro atoms. The van der Waals surface area contributed by atoms with Crippen LogP contribution in [0.15, 0.2) is 24.7 Å². The minimum atomic E-state index is -0.0534. The van der Waals surface area contributed by atoms with Crippen molar-refractivity contribution in [2.45, 2.75) is 52.1 Å². The lowest BCUT2D eigenvalue weighted by Gasteiger charge is -2.34. The largest absolute Gasteiger partial charge is 0.347 e. The number of nitrogens with zero attached hydrogens (tertiary/aromatic N) is 4. The third kappa shape index (κ3) is 3.59. The fourth-order valence-electron chi connectivity index (χ4n) is 3.37. The van der Waals surface area contributed by atoms with Crippen molar-refractivity contribution in [1.82, 2.24) is 24.6 Å². The molecule has 1 N–H and O–H groups in total. The van der Waals surface area contributed by atoms with Crippen LogP contribution in [0.2, 0.25) is 0 Å². The summed E-state index contributed by atoms with van der Waals surface area (Å²) in [7, 11) is 0. The van der Waals surface area contributed by atoms with Crippen molar-refractivity contribution >= 4 is 11.7 Å². The number of aromatic nitrogens is 3. The molecule has 2 aromatic rings. The first-order valence-corrected chi connectivity index (χ1v) is 8.92. The van der Waals surface area contributed by atoms with Gasteiger partial charge in [0.2, 0.25) is 11.7 Å². The van der Waals surface area contributed by atoms with Gasteiger partial charge in [0.15, 0.2) is 0 Å². The maximum absolute atomic E-state index is 12.7. The summed E-state index contributed by atoms with van der Waals surface area (Å²) in [4.78, 5) is 23.9. The molecular formula is C18H27N5O. The van der Waals surface area contributed by atoms with Crippen molar-refractivity contribution < 1.29 is 4.79 Å². The molecule has 0 saturated carbocycles. The van der Waals surface area contributed by atoms with Crippen molar-refractivity contribution in [3.05, 3.63) is 30.4 Å². The lowest BCUT2D eigenvalue weighted by Crippen LogP contribution is -2.43. The summed E-state index contributed by atoms with van der Waals surface area (Å²) >= 11 is 0. The van der Waals surface area contributed by atoms with Crippen molar-refractivity contribution in [1.29, 1.82) is 0 Å². The summed E-state index contributed by atoms with van der Waals surface area (Å²) < 4.78 is 1.89. The maximum atomic E-state index is 12.7. The van der Waals surface area contributed by atoms with Crippen LogP contribution in [0.1, 0.15) is 51.8 Å². The highest BCUT2D eigenvalue weighted by Crippen LogP contribution is 2.22. The molecule has 0 aliphatic carbocycles. The first-order valence-electron chi connectivity index (χ1n) is 8.92. The Morgan fingerprint density at radius 2 is 2.12 bits per heavy atom. The Balaban J connectivity index is 1.64. The zero-order valence-corrected chi connectivity index (χ0v) is 14.8. The highest BCUT2D eigenvalue weighted by Gasteiger charge is 2.27. The maximum Gasteiger partial charge on any atom is 0.233 e. The molecule has 0 aromatic carbocycles. The molecule has 2 aromatic heterocycles. The molecule has 6 nitrogen and oxygen atoms in total. The molecule has 130 valence electrons. The van der Waals surface area contributed by atoms with E-state index in [1.165, 1.54) is 0 Å². The van der Waals surface area contributed by atoms with E-state index in [1.807, 2.05) is 22.9 Å². The number of carbonyl (C=O) groups excluding carboxylic acids is 1. The second-order valence-electron chi connectivity index (χ2n) is 6.87. The Morgan fingerprint density at radius 3 is 2.75 bits per heavy atom. The number of fused-ring (bicyclic) bond motifs is 1. The molecule has 0 radical (unpaired) electrons. The zero-order valence-electron chi connectivity index (χ0n) is 14.8. The number of amides is 1. The van der Waals surface area contributed by atoms with Gasteiger partial charge in [0.1, 0.15) is 0 Å². The summed E-state index contributed by atoms with van der Waals surface area (Å²) in [5, 5.41) is 3.20. The van der Waals surface area contributed by atoms with Gasteiger partial charge in [-0.25, -0.2) is 9.97 Å². The van der Waals surface area contributed by atoms with E-state index in [0.717, 1.165) is 38.0 Å². The molecule has 1 fully saturated rings. The smallest absolute Gasteiger partial charge is 0.233 e. The van der Waals surface area contributed by atoms with Crippen molar-refractivity contribution in [3.63, 3.8) is 0 Å². The van der Waals surface area contributed by atoms with Crippen LogP contribution in [0.5, 0.6) is 0 Å². The number of rotatable bonds is 5. The Bertz CT molecular complexity index is 655.